The maximum absolute atomic E-state index is 5.25. The average molecular weight is 526 g/mol. The lowest BCUT2D eigenvalue weighted by atomic mass is 10.2. The summed E-state index contributed by atoms with van der Waals surface area (Å²) in [5, 5.41) is 3.39. The number of nitrogens with zero attached hydrogens (tertiary/aromatic N) is 4. The van der Waals surface area contributed by atoms with Crippen LogP contribution < -0.4 is 5.32 Å². The van der Waals surface area contributed by atoms with Crippen LogP contribution in [0.3, 0.4) is 0 Å². The molecule has 1 aromatic carbocycles. The number of imidazole rings is 1. The number of aromatic amines is 1. The van der Waals surface area contributed by atoms with Crippen molar-refractivity contribution >= 4 is 29.9 Å². The summed E-state index contributed by atoms with van der Waals surface area (Å²) in [4.78, 5) is 17.4. The van der Waals surface area contributed by atoms with Gasteiger partial charge in [-0.15, -0.1) is 24.0 Å². The van der Waals surface area contributed by atoms with Gasteiger partial charge in [-0.25, -0.2) is 4.98 Å². The standard InChI is InChI=1S/C22H34N6O.HI/c1-4-23-22(24-12-13-28(14-15-29-3)19-10-11-19)27(2)17-21-25-16-20(26-21)18-8-6-5-7-9-18;/h5-9,16,19H,4,10-15,17H2,1-3H3,(H,23,24)(H,25,26);1H. The van der Waals surface area contributed by atoms with Crippen LogP contribution in [-0.2, 0) is 11.3 Å². The minimum atomic E-state index is 0. The number of methoxy groups -OCH3 is 1. The Kier molecular flexibility index (Phi) is 10.6. The molecule has 0 aliphatic heterocycles. The van der Waals surface area contributed by atoms with E-state index in [9.17, 15) is 0 Å². The fourth-order valence-corrected chi connectivity index (χ4v) is 3.39. The van der Waals surface area contributed by atoms with Crippen molar-refractivity contribution in [2.75, 3.05) is 46.9 Å². The molecule has 1 heterocycles. The summed E-state index contributed by atoms with van der Waals surface area (Å²) in [5.74, 6) is 1.84. The molecular weight excluding hydrogens is 491 g/mol. The van der Waals surface area contributed by atoms with E-state index in [2.05, 4.69) is 51.2 Å². The van der Waals surface area contributed by atoms with Crippen LogP contribution in [0.25, 0.3) is 11.3 Å². The highest BCUT2D eigenvalue weighted by atomic mass is 127. The third kappa shape index (κ3) is 7.55. The molecule has 2 aromatic rings. The summed E-state index contributed by atoms with van der Waals surface area (Å²) < 4.78 is 5.25. The first-order valence-electron chi connectivity index (χ1n) is 10.5. The Hall–Kier alpha value is -1.65. The first-order valence-corrected chi connectivity index (χ1v) is 10.5. The molecule has 30 heavy (non-hydrogen) atoms. The number of ether oxygens (including phenoxy) is 1. The first kappa shape index (κ1) is 24.6. The number of nitrogens with one attached hydrogen (secondary N) is 2. The predicted octanol–water partition coefficient (Wildman–Crippen LogP) is 3.20. The molecule has 0 bridgehead atoms. The zero-order chi connectivity index (χ0) is 20.5. The lowest BCUT2D eigenvalue weighted by Crippen LogP contribution is -2.39. The van der Waals surface area contributed by atoms with Gasteiger partial charge < -0.3 is 19.9 Å². The number of hydrogen-bond donors (Lipinski definition) is 2. The van der Waals surface area contributed by atoms with Gasteiger partial charge in [-0.3, -0.25) is 9.89 Å². The minimum absolute atomic E-state index is 0. The number of rotatable bonds is 11. The Morgan fingerprint density at radius 3 is 2.70 bits per heavy atom. The molecular formula is C22H35IN6O. The van der Waals surface area contributed by atoms with Crippen molar-refractivity contribution in [3.8, 4) is 11.3 Å². The van der Waals surface area contributed by atoms with Crippen LogP contribution in [0.4, 0.5) is 0 Å². The molecule has 0 amide bonds. The fourth-order valence-electron chi connectivity index (χ4n) is 3.39. The molecule has 3 rings (SSSR count). The molecule has 0 spiro atoms. The highest BCUT2D eigenvalue weighted by Gasteiger charge is 2.28. The van der Waals surface area contributed by atoms with Crippen molar-refractivity contribution in [2.24, 2.45) is 4.99 Å². The number of hydrogen-bond acceptors (Lipinski definition) is 4. The van der Waals surface area contributed by atoms with Crippen molar-refractivity contribution in [1.82, 2.24) is 25.1 Å². The Morgan fingerprint density at radius 1 is 1.27 bits per heavy atom. The summed E-state index contributed by atoms with van der Waals surface area (Å²) in [6.07, 6.45) is 4.50. The molecule has 0 radical (unpaired) electrons. The highest BCUT2D eigenvalue weighted by Crippen LogP contribution is 2.26. The largest absolute Gasteiger partial charge is 0.383 e. The lowest BCUT2D eigenvalue weighted by molar-refractivity contribution is 0.145. The van der Waals surface area contributed by atoms with Gasteiger partial charge in [0.2, 0.25) is 0 Å². The normalized spacial score (nSPS) is 13.9. The van der Waals surface area contributed by atoms with Gasteiger partial charge in [0, 0.05) is 39.8 Å². The van der Waals surface area contributed by atoms with Gasteiger partial charge in [0.25, 0.3) is 0 Å². The van der Waals surface area contributed by atoms with Gasteiger partial charge in [0.1, 0.15) is 5.82 Å². The molecule has 0 unspecified atom stereocenters. The molecule has 1 aliphatic carbocycles. The number of halogens is 1. The van der Waals surface area contributed by atoms with E-state index >= 15 is 0 Å². The molecule has 1 aliphatic rings. The quantitative estimate of drug-likeness (QED) is 0.268. The minimum Gasteiger partial charge on any atom is -0.383 e. The average Bonchev–Trinajstić information content (AvgIpc) is 3.48. The molecule has 2 N–H and O–H groups in total. The van der Waals surface area contributed by atoms with Crippen molar-refractivity contribution in [1.29, 1.82) is 0 Å². The Balaban J connectivity index is 0.00000320. The monoisotopic (exact) mass is 526 g/mol. The molecule has 7 nitrogen and oxygen atoms in total. The van der Waals surface area contributed by atoms with Crippen LogP contribution in [0, 0.1) is 0 Å². The Morgan fingerprint density at radius 2 is 2.03 bits per heavy atom. The van der Waals surface area contributed by atoms with Crippen LogP contribution in [0.1, 0.15) is 25.6 Å². The van der Waals surface area contributed by atoms with Crippen LogP contribution in [0.15, 0.2) is 41.5 Å². The first-order chi connectivity index (χ1) is 14.2. The number of benzene rings is 1. The van der Waals surface area contributed by atoms with Crippen LogP contribution in [0.2, 0.25) is 0 Å². The van der Waals surface area contributed by atoms with E-state index < -0.39 is 0 Å². The maximum atomic E-state index is 5.25. The van der Waals surface area contributed by atoms with Crippen molar-refractivity contribution < 1.29 is 4.74 Å². The maximum Gasteiger partial charge on any atom is 0.194 e. The third-order valence-electron chi connectivity index (χ3n) is 5.09. The molecule has 1 saturated carbocycles. The summed E-state index contributed by atoms with van der Waals surface area (Å²) in [5.41, 5.74) is 2.18. The van der Waals surface area contributed by atoms with E-state index in [0.717, 1.165) is 61.9 Å². The van der Waals surface area contributed by atoms with Crippen molar-refractivity contribution in [2.45, 2.75) is 32.4 Å². The SMILES string of the molecule is CCNC(=NCCN(CCOC)C1CC1)N(C)Cc1ncc(-c2ccccc2)[nH]1.I. The summed E-state index contributed by atoms with van der Waals surface area (Å²) in [7, 11) is 3.81. The summed E-state index contributed by atoms with van der Waals surface area (Å²) >= 11 is 0. The van der Waals surface area contributed by atoms with E-state index in [1.807, 2.05) is 24.4 Å². The van der Waals surface area contributed by atoms with Crippen molar-refractivity contribution in [3.63, 3.8) is 0 Å². The van der Waals surface area contributed by atoms with Gasteiger partial charge in [0.15, 0.2) is 5.96 Å². The molecule has 1 aromatic heterocycles. The van der Waals surface area contributed by atoms with Crippen LogP contribution in [0.5, 0.6) is 0 Å². The van der Waals surface area contributed by atoms with Gasteiger partial charge in [-0.1, -0.05) is 30.3 Å². The molecule has 166 valence electrons. The second-order valence-corrected chi connectivity index (χ2v) is 7.46. The Labute approximate surface area is 197 Å². The zero-order valence-electron chi connectivity index (χ0n) is 18.3. The van der Waals surface area contributed by atoms with Crippen LogP contribution >= 0.6 is 24.0 Å². The topological polar surface area (TPSA) is 68.8 Å². The van der Waals surface area contributed by atoms with E-state index in [-0.39, 0.29) is 24.0 Å². The van der Waals surface area contributed by atoms with Crippen molar-refractivity contribution in [3.05, 3.63) is 42.4 Å². The summed E-state index contributed by atoms with van der Waals surface area (Å²) in [6, 6.07) is 11.0. The second kappa shape index (κ2) is 12.9. The van der Waals surface area contributed by atoms with Gasteiger partial charge in [-0.2, -0.15) is 0 Å². The smallest absolute Gasteiger partial charge is 0.194 e. The highest BCUT2D eigenvalue weighted by molar-refractivity contribution is 14.0. The van der Waals surface area contributed by atoms with E-state index in [1.165, 1.54) is 12.8 Å². The number of aromatic nitrogens is 2. The Bertz CT molecular complexity index is 762. The lowest BCUT2D eigenvalue weighted by Gasteiger charge is -2.23. The predicted molar refractivity (Wildman–Crippen MR) is 133 cm³/mol. The summed E-state index contributed by atoms with van der Waals surface area (Å²) in [6.45, 7) is 7.12. The molecule has 0 atom stereocenters. The number of aliphatic imine (C=N–C) groups is 1. The van der Waals surface area contributed by atoms with E-state index in [0.29, 0.717) is 6.54 Å². The third-order valence-corrected chi connectivity index (χ3v) is 5.09. The van der Waals surface area contributed by atoms with E-state index in [4.69, 9.17) is 9.73 Å². The molecule has 8 heteroatoms. The zero-order valence-corrected chi connectivity index (χ0v) is 20.6. The van der Waals surface area contributed by atoms with E-state index in [1.54, 1.807) is 7.11 Å². The molecule has 0 saturated heterocycles. The second-order valence-electron chi connectivity index (χ2n) is 7.46. The van der Waals surface area contributed by atoms with Gasteiger partial charge >= 0.3 is 0 Å². The van der Waals surface area contributed by atoms with Crippen LogP contribution in [-0.4, -0.2) is 78.7 Å². The molecule has 1 fully saturated rings. The van der Waals surface area contributed by atoms with Gasteiger partial charge in [0.05, 0.1) is 31.6 Å². The van der Waals surface area contributed by atoms with Gasteiger partial charge in [-0.05, 0) is 25.3 Å². The fraction of sp³-hybridized carbons (Fsp3) is 0.545. The number of H-pyrrole nitrogens is 1. The number of guanidine groups is 1.